The van der Waals surface area contributed by atoms with Gasteiger partial charge in [0.15, 0.2) is 0 Å². The summed E-state index contributed by atoms with van der Waals surface area (Å²) in [6.07, 6.45) is 3.84. The van der Waals surface area contributed by atoms with Crippen molar-refractivity contribution in [2.24, 2.45) is 5.92 Å². The number of rotatable bonds is 8. The Kier molecular flexibility index (Phi) is 8.58. The van der Waals surface area contributed by atoms with Gasteiger partial charge in [0.05, 0.1) is 6.61 Å². The molecule has 0 aliphatic rings. The highest BCUT2D eigenvalue weighted by Crippen LogP contribution is 2.12. The lowest BCUT2D eigenvalue weighted by atomic mass is 9.98. The van der Waals surface area contributed by atoms with Gasteiger partial charge in [-0.2, -0.15) is 0 Å². The van der Waals surface area contributed by atoms with Crippen LogP contribution in [0.25, 0.3) is 0 Å². The molecule has 0 saturated carbocycles. The van der Waals surface area contributed by atoms with Gasteiger partial charge >= 0.3 is 5.97 Å². The third-order valence-corrected chi connectivity index (χ3v) is 2.48. The number of nitrogens with one attached hydrogen (secondary N) is 1. The first-order chi connectivity index (χ1) is 7.65. The summed E-state index contributed by atoms with van der Waals surface area (Å²) in [5.41, 5.74) is 0. The van der Waals surface area contributed by atoms with E-state index in [1.165, 1.54) is 0 Å². The van der Waals surface area contributed by atoms with E-state index in [1.807, 2.05) is 6.92 Å². The second-order valence-electron chi connectivity index (χ2n) is 3.77. The van der Waals surface area contributed by atoms with Crippen LogP contribution in [0.3, 0.4) is 0 Å². The van der Waals surface area contributed by atoms with E-state index in [0.29, 0.717) is 6.61 Å². The molecule has 0 heterocycles. The molecule has 1 amide bonds. The van der Waals surface area contributed by atoms with Crippen LogP contribution in [0.4, 0.5) is 0 Å². The van der Waals surface area contributed by atoms with E-state index >= 15 is 0 Å². The van der Waals surface area contributed by atoms with E-state index in [4.69, 9.17) is 4.74 Å². The zero-order valence-electron chi connectivity index (χ0n) is 10.5. The summed E-state index contributed by atoms with van der Waals surface area (Å²) in [4.78, 5) is 22.7. The van der Waals surface area contributed by atoms with E-state index in [-0.39, 0.29) is 24.3 Å². The minimum absolute atomic E-state index is 0.0186. The Balaban J connectivity index is 3.87. The zero-order chi connectivity index (χ0) is 12.4. The maximum atomic E-state index is 11.7. The van der Waals surface area contributed by atoms with Crippen LogP contribution in [0, 0.1) is 5.92 Å². The standard InChI is InChI=1S/C12H23NO3/c1-4-7-8-10(5-2)12(15)13-9-11(14)16-6-3/h10H,4-9H2,1-3H3,(H,13,15). The van der Waals surface area contributed by atoms with Gasteiger partial charge in [0, 0.05) is 5.92 Å². The summed E-state index contributed by atoms with van der Waals surface area (Å²) in [7, 11) is 0. The molecule has 0 aliphatic heterocycles. The van der Waals surface area contributed by atoms with Crippen molar-refractivity contribution in [2.45, 2.75) is 46.5 Å². The molecule has 16 heavy (non-hydrogen) atoms. The largest absolute Gasteiger partial charge is 0.465 e. The maximum absolute atomic E-state index is 11.7. The van der Waals surface area contributed by atoms with Gasteiger partial charge in [0.25, 0.3) is 0 Å². The van der Waals surface area contributed by atoms with Crippen LogP contribution in [0.1, 0.15) is 46.5 Å². The van der Waals surface area contributed by atoms with Crippen molar-refractivity contribution in [3.05, 3.63) is 0 Å². The molecule has 0 aliphatic carbocycles. The normalized spacial score (nSPS) is 11.9. The van der Waals surface area contributed by atoms with Crippen molar-refractivity contribution in [1.29, 1.82) is 0 Å². The molecule has 0 bridgehead atoms. The number of hydrogen-bond acceptors (Lipinski definition) is 3. The minimum Gasteiger partial charge on any atom is -0.465 e. The van der Waals surface area contributed by atoms with Crippen LogP contribution in [-0.4, -0.2) is 25.0 Å². The molecular formula is C12H23NO3. The summed E-state index contributed by atoms with van der Waals surface area (Å²) in [5, 5.41) is 2.61. The summed E-state index contributed by atoms with van der Waals surface area (Å²) >= 11 is 0. The fourth-order valence-electron chi connectivity index (χ4n) is 1.49. The Morgan fingerprint density at radius 3 is 2.44 bits per heavy atom. The smallest absolute Gasteiger partial charge is 0.325 e. The predicted molar refractivity (Wildman–Crippen MR) is 62.9 cm³/mol. The van der Waals surface area contributed by atoms with E-state index < -0.39 is 0 Å². The molecule has 0 spiro atoms. The number of amides is 1. The Morgan fingerprint density at radius 1 is 1.25 bits per heavy atom. The lowest BCUT2D eigenvalue weighted by Gasteiger charge is -2.13. The molecule has 0 radical (unpaired) electrons. The second kappa shape index (κ2) is 9.19. The predicted octanol–water partition coefficient (Wildman–Crippen LogP) is 1.88. The molecule has 4 nitrogen and oxygen atoms in total. The third kappa shape index (κ3) is 6.43. The molecule has 94 valence electrons. The third-order valence-electron chi connectivity index (χ3n) is 2.48. The topological polar surface area (TPSA) is 55.4 Å². The van der Waals surface area contributed by atoms with Crippen LogP contribution in [0.15, 0.2) is 0 Å². The average molecular weight is 229 g/mol. The van der Waals surface area contributed by atoms with Crippen LogP contribution in [-0.2, 0) is 14.3 Å². The first kappa shape index (κ1) is 14.9. The fourth-order valence-corrected chi connectivity index (χ4v) is 1.49. The Labute approximate surface area is 97.7 Å². The van der Waals surface area contributed by atoms with Crippen molar-refractivity contribution < 1.29 is 14.3 Å². The fraction of sp³-hybridized carbons (Fsp3) is 0.833. The SMILES string of the molecule is CCCCC(CC)C(=O)NCC(=O)OCC. The lowest BCUT2D eigenvalue weighted by molar-refractivity contribution is -0.143. The summed E-state index contributed by atoms with van der Waals surface area (Å²) in [6, 6.07) is 0. The minimum atomic E-state index is -0.374. The van der Waals surface area contributed by atoms with E-state index in [1.54, 1.807) is 6.92 Å². The molecular weight excluding hydrogens is 206 g/mol. The number of carbonyl (C=O) groups is 2. The molecule has 1 atom stereocenters. The van der Waals surface area contributed by atoms with E-state index in [9.17, 15) is 9.59 Å². The summed E-state index contributed by atoms with van der Waals surface area (Å²) < 4.78 is 4.73. The van der Waals surface area contributed by atoms with Crippen LogP contribution in [0.2, 0.25) is 0 Å². The number of esters is 1. The van der Waals surface area contributed by atoms with Gasteiger partial charge in [-0.15, -0.1) is 0 Å². The maximum Gasteiger partial charge on any atom is 0.325 e. The van der Waals surface area contributed by atoms with Gasteiger partial charge in [-0.25, -0.2) is 0 Å². The number of unbranched alkanes of at least 4 members (excludes halogenated alkanes) is 1. The number of ether oxygens (including phenoxy) is 1. The molecule has 1 N–H and O–H groups in total. The van der Waals surface area contributed by atoms with Crippen molar-refractivity contribution in [3.8, 4) is 0 Å². The first-order valence-electron chi connectivity index (χ1n) is 6.08. The Morgan fingerprint density at radius 2 is 1.94 bits per heavy atom. The molecule has 4 heteroatoms. The van der Waals surface area contributed by atoms with Crippen LogP contribution >= 0.6 is 0 Å². The van der Waals surface area contributed by atoms with Crippen molar-refractivity contribution in [1.82, 2.24) is 5.32 Å². The van der Waals surface area contributed by atoms with Crippen molar-refractivity contribution in [3.63, 3.8) is 0 Å². The molecule has 1 unspecified atom stereocenters. The Bertz CT molecular complexity index is 216. The molecule has 0 aromatic rings. The van der Waals surface area contributed by atoms with Gasteiger partial charge in [-0.05, 0) is 19.8 Å². The van der Waals surface area contributed by atoms with Crippen molar-refractivity contribution in [2.75, 3.05) is 13.2 Å². The zero-order valence-corrected chi connectivity index (χ0v) is 10.5. The highest BCUT2D eigenvalue weighted by molar-refractivity contribution is 5.83. The van der Waals surface area contributed by atoms with Gasteiger partial charge in [-0.1, -0.05) is 26.7 Å². The lowest BCUT2D eigenvalue weighted by Crippen LogP contribution is -2.35. The monoisotopic (exact) mass is 229 g/mol. The highest BCUT2D eigenvalue weighted by Gasteiger charge is 2.16. The molecule has 0 rings (SSSR count). The van der Waals surface area contributed by atoms with E-state index in [0.717, 1.165) is 25.7 Å². The average Bonchev–Trinajstić information content (AvgIpc) is 2.28. The molecule has 0 saturated heterocycles. The molecule has 0 fully saturated rings. The summed E-state index contributed by atoms with van der Waals surface area (Å²) in [5.74, 6) is -0.389. The Hall–Kier alpha value is -1.06. The van der Waals surface area contributed by atoms with Gasteiger partial charge < -0.3 is 10.1 Å². The van der Waals surface area contributed by atoms with E-state index in [2.05, 4.69) is 12.2 Å². The van der Waals surface area contributed by atoms with Crippen LogP contribution in [0.5, 0.6) is 0 Å². The first-order valence-corrected chi connectivity index (χ1v) is 6.08. The molecule has 0 aromatic carbocycles. The van der Waals surface area contributed by atoms with Gasteiger partial charge in [-0.3, -0.25) is 9.59 Å². The molecule has 0 aromatic heterocycles. The van der Waals surface area contributed by atoms with Gasteiger partial charge in [0.2, 0.25) is 5.91 Å². The number of carbonyl (C=O) groups excluding carboxylic acids is 2. The summed E-state index contributed by atoms with van der Waals surface area (Å²) in [6.45, 7) is 6.17. The van der Waals surface area contributed by atoms with Gasteiger partial charge in [0.1, 0.15) is 6.54 Å². The number of hydrogen-bond donors (Lipinski definition) is 1. The second-order valence-corrected chi connectivity index (χ2v) is 3.77. The quantitative estimate of drug-likeness (QED) is 0.647. The highest BCUT2D eigenvalue weighted by atomic mass is 16.5. The van der Waals surface area contributed by atoms with Crippen LogP contribution < -0.4 is 5.32 Å². The van der Waals surface area contributed by atoms with Crippen molar-refractivity contribution >= 4 is 11.9 Å².